The van der Waals surface area contributed by atoms with Gasteiger partial charge in [-0.15, -0.1) is 12.3 Å². The van der Waals surface area contributed by atoms with E-state index in [9.17, 15) is 0 Å². The van der Waals surface area contributed by atoms with Gasteiger partial charge in [0.15, 0.2) is 0 Å². The highest BCUT2D eigenvalue weighted by atomic mass is 15.2. The molecule has 0 saturated carbocycles. The van der Waals surface area contributed by atoms with Crippen LogP contribution < -0.4 is 11.3 Å². The lowest BCUT2D eigenvalue weighted by Crippen LogP contribution is -2.48. The van der Waals surface area contributed by atoms with Crippen LogP contribution >= 0.6 is 0 Å². The van der Waals surface area contributed by atoms with Gasteiger partial charge in [-0.25, -0.2) is 0 Å². The van der Waals surface area contributed by atoms with Crippen LogP contribution in [0.1, 0.15) is 32.1 Å². The van der Waals surface area contributed by atoms with Crippen LogP contribution in [0.25, 0.3) is 0 Å². The fourth-order valence-electron chi connectivity index (χ4n) is 3.27. The predicted molar refractivity (Wildman–Crippen MR) is 61.9 cm³/mol. The van der Waals surface area contributed by atoms with E-state index in [1.807, 2.05) is 0 Å². The molecule has 2 bridgehead atoms. The van der Waals surface area contributed by atoms with Crippen molar-refractivity contribution in [2.45, 2.75) is 50.2 Å². The van der Waals surface area contributed by atoms with Crippen LogP contribution in [0.4, 0.5) is 0 Å². The molecule has 84 valence electrons. The maximum atomic E-state index is 5.58. The molecule has 0 aromatic carbocycles. The molecule has 2 fully saturated rings. The highest BCUT2D eigenvalue weighted by Gasteiger charge is 2.40. The molecule has 15 heavy (non-hydrogen) atoms. The molecule has 3 nitrogen and oxygen atoms in total. The van der Waals surface area contributed by atoms with Crippen molar-refractivity contribution >= 4 is 0 Å². The Bertz CT molecular complexity index is 244. The Labute approximate surface area is 92.4 Å². The summed E-state index contributed by atoms with van der Waals surface area (Å²) in [7, 11) is 2.25. The summed E-state index contributed by atoms with van der Waals surface area (Å²) in [5, 5.41) is 0. The average molecular weight is 207 g/mol. The van der Waals surface area contributed by atoms with Crippen LogP contribution in [0.3, 0.4) is 0 Å². The van der Waals surface area contributed by atoms with Gasteiger partial charge in [-0.2, -0.15) is 0 Å². The number of fused-ring (bicyclic) bond motifs is 2. The molecule has 0 radical (unpaired) electrons. The van der Waals surface area contributed by atoms with Crippen molar-refractivity contribution in [2.24, 2.45) is 11.8 Å². The average Bonchev–Trinajstić information content (AvgIpc) is 2.50. The molecule has 2 rings (SSSR count). The number of nitrogens with zero attached hydrogens (tertiary/aromatic N) is 1. The van der Waals surface area contributed by atoms with E-state index in [0.717, 1.165) is 18.5 Å². The number of rotatable bonds is 3. The summed E-state index contributed by atoms with van der Waals surface area (Å²) in [6.07, 6.45) is 11.3. The molecular weight excluding hydrogens is 186 g/mol. The van der Waals surface area contributed by atoms with Crippen molar-refractivity contribution in [2.75, 3.05) is 7.05 Å². The van der Waals surface area contributed by atoms with E-state index in [0.29, 0.717) is 12.0 Å². The van der Waals surface area contributed by atoms with Gasteiger partial charge in [-0.3, -0.25) is 11.3 Å². The standard InChI is InChI=1S/C12H21N3/c1-3-4-12(14-13)9-7-10-5-6-11(8-9)15(10)2/h1,9-12,14H,4-8,13H2,2H3. The van der Waals surface area contributed by atoms with Gasteiger partial charge in [0.2, 0.25) is 0 Å². The first-order chi connectivity index (χ1) is 7.26. The first kappa shape index (κ1) is 10.9. The second kappa shape index (κ2) is 4.52. The second-order valence-electron chi connectivity index (χ2n) is 4.96. The van der Waals surface area contributed by atoms with Gasteiger partial charge in [-0.1, -0.05) is 0 Å². The highest BCUT2D eigenvalue weighted by molar-refractivity contribution is 4.99. The molecule has 0 amide bonds. The van der Waals surface area contributed by atoms with Gasteiger partial charge in [0.05, 0.1) is 0 Å². The zero-order chi connectivity index (χ0) is 10.8. The third kappa shape index (κ3) is 2.03. The molecule has 3 atom stereocenters. The Hall–Kier alpha value is -0.560. The molecule has 3 heteroatoms. The van der Waals surface area contributed by atoms with E-state index in [4.69, 9.17) is 12.3 Å². The summed E-state index contributed by atoms with van der Waals surface area (Å²) in [6, 6.07) is 1.84. The van der Waals surface area contributed by atoms with Crippen LogP contribution in [0.15, 0.2) is 0 Å². The Morgan fingerprint density at radius 2 is 2.07 bits per heavy atom. The van der Waals surface area contributed by atoms with E-state index in [2.05, 4.69) is 23.3 Å². The van der Waals surface area contributed by atoms with Crippen LogP contribution in [0, 0.1) is 18.3 Å². The third-order valence-corrected chi connectivity index (χ3v) is 4.26. The van der Waals surface area contributed by atoms with Gasteiger partial charge >= 0.3 is 0 Å². The third-order valence-electron chi connectivity index (χ3n) is 4.26. The molecule has 0 aromatic rings. The van der Waals surface area contributed by atoms with Gasteiger partial charge in [0.25, 0.3) is 0 Å². The van der Waals surface area contributed by atoms with Gasteiger partial charge in [0.1, 0.15) is 0 Å². The molecule has 0 spiro atoms. The van der Waals surface area contributed by atoms with E-state index in [1.165, 1.54) is 25.7 Å². The van der Waals surface area contributed by atoms with Crippen LogP contribution in [0.2, 0.25) is 0 Å². The monoisotopic (exact) mass is 207 g/mol. The van der Waals surface area contributed by atoms with Gasteiger partial charge in [-0.05, 0) is 38.6 Å². The molecule has 2 heterocycles. The number of nitrogens with one attached hydrogen (secondary N) is 1. The van der Waals surface area contributed by atoms with Crippen molar-refractivity contribution < 1.29 is 0 Å². The summed E-state index contributed by atoms with van der Waals surface area (Å²) < 4.78 is 0. The van der Waals surface area contributed by atoms with Crippen LogP contribution in [-0.4, -0.2) is 30.1 Å². The Balaban J connectivity index is 1.98. The summed E-state index contributed by atoms with van der Waals surface area (Å²) in [4.78, 5) is 2.54. The molecule has 2 aliphatic rings. The summed E-state index contributed by atoms with van der Waals surface area (Å²) in [6.45, 7) is 0. The first-order valence-corrected chi connectivity index (χ1v) is 5.87. The van der Waals surface area contributed by atoms with Crippen LogP contribution in [-0.2, 0) is 0 Å². The maximum absolute atomic E-state index is 5.58. The molecular formula is C12H21N3. The van der Waals surface area contributed by atoms with Gasteiger partial charge in [0, 0.05) is 24.5 Å². The Morgan fingerprint density at radius 1 is 1.47 bits per heavy atom. The van der Waals surface area contributed by atoms with Crippen molar-refractivity contribution in [1.29, 1.82) is 0 Å². The largest absolute Gasteiger partial charge is 0.300 e. The quantitative estimate of drug-likeness (QED) is 0.407. The van der Waals surface area contributed by atoms with Crippen molar-refractivity contribution in [1.82, 2.24) is 10.3 Å². The Morgan fingerprint density at radius 3 is 2.53 bits per heavy atom. The van der Waals surface area contributed by atoms with Crippen molar-refractivity contribution in [3.05, 3.63) is 0 Å². The van der Waals surface area contributed by atoms with Crippen LogP contribution in [0.5, 0.6) is 0 Å². The normalized spacial score (nSPS) is 37.5. The number of nitrogens with two attached hydrogens (primary N) is 1. The second-order valence-corrected chi connectivity index (χ2v) is 4.96. The summed E-state index contributed by atoms with van der Waals surface area (Å²) >= 11 is 0. The predicted octanol–water partition coefficient (Wildman–Crippen LogP) is 0.714. The van der Waals surface area contributed by atoms with Crippen molar-refractivity contribution in [3.63, 3.8) is 0 Å². The van der Waals surface area contributed by atoms with E-state index in [1.54, 1.807) is 0 Å². The zero-order valence-corrected chi connectivity index (χ0v) is 9.45. The Kier molecular flexibility index (Phi) is 3.30. The molecule has 3 N–H and O–H groups in total. The minimum absolute atomic E-state index is 0.312. The minimum Gasteiger partial charge on any atom is -0.300 e. The number of terminal acetylenes is 1. The highest BCUT2D eigenvalue weighted by Crippen LogP contribution is 2.38. The smallest absolute Gasteiger partial charge is 0.0349 e. The zero-order valence-electron chi connectivity index (χ0n) is 9.45. The molecule has 2 aliphatic heterocycles. The number of hydrogen-bond acceptors (Lipinski definition) is 3. The summed E-state index contributed by atoms with van der Waals surface area (Å²) in [5.74, 6) is 8.96. The topological polar surface area (TPSA) is 41.3 Å². The maximum Gasteiger partial charge on any atom is 0.0349 e. The van der Waals surface area contributed by atoms with Gasteiger partial charge < -0.3 is 4.90 Å². The fourth-order valence-corrected chi connectivity index (χ4v) is 3.27. The number of piperidine rings is 1. The van der Waals surface area contributed by atoms with E-state index >= 15 is 0 Å². The molecule has 2 saturated heterocycles. The number of hydrogen-bond donors (Lipinski definition) is 2. The first-order valence-electron chi connectivity index (χ1n) is 5.87. The molecule has 0 aromatic heterocycles. The fraction of sp³-hybridized carbons (Fsp3) is 0.833. The molecule has 3 unspecified atom stereocenters. The van der Waals surface area contributed by atoms with E-state index in [-0.39, 0.29) is 0 Å². The lowest BCUT2D eigenvalue weighted by Gasteiger charge is -2.39. The van der Waals surface area contributed by atoms with Crippen molar-refractivity contribution in [3.8, 4) is 12.3 Å². The van der Waals surface area contributed by atoms with E-state index < -0.39 is 0 Å². The summed E-state index contributed by atoms with van der Waals surface area (Å²) in [5.41, 5.74) is 2.90. The number of hydrazine groups is 1. The lowest BCUT2D eigenvalue weighted by molar-refractivity contribution is 0.113. The lowest BCUT2D eigenvalue weighted by atomic mass is 9.84. The SMILES string of the molecule is C#CCC(NN)C1CC2CCC(C1)N2C. The minimum atomic E-state index is 0.312. The molecule has 0 aliphatic carbocycles.